The van der Waals surface area contributed by atoms with Crippen LogP contribution in [0, 0.1) is 0 Å². The van der Waals surface area contributed by atoms with Crippen LogP contribution in [0.1, 0.15) is 33.6 Å². The lowest BCUT2D eigenvalue weighted by Crippen LogP contribution is -2.54. The largest absolute Gasteiger partial charge is 0.305 e. The van der Waals surface area contributed by atoms with Crippen LogP contribution in [0.25, 0.3) is 0 Å². The van der Waals surface area contributed by atoms with E-state index in [1.807, 2.05) is 0 Å². The van der Waals surface area contributed by atoms with Gasteiger partial charge in [-0.15, -0.1) is 0 Å². The number of rotatable bonds is 1. The first-order valence-electron chi connectivity index (χ1n) is 4.64. The van der Waals surface area contributed by atoms with Gasteiger partial charge in [0, 0.05) is 5.54 Å². The molecule has 3 heteroatoms. The molecule has 0 saturated carbocycles. The molecule has 2 nitrogen and oxygen atoms in total. The van der Waals surface area contributed by atoms with Gasteiger partial charge in [0.15, 0.2) is 6.30 Å². The number of nitrogens with one attached hydrogen (secondary N) is 2. The van der Waals surface area contributed by atoms with Crippen molar-refractivity contribution in [3.63, 3.8) is 0 Å². The molecule has 72 valence electrons. The van der Waals surface area contributed by atoms with Gasteiger partial charge in [0.05, 0.1) is 6.04 Å². The normalized spacial score (nSPS) is 32.0. The summed E-state index contributed by atoms with van der Waals surface area (Å²) < 4.78 is 13.2. The maximum absolute atomic E-state index is 13.2. The van der Waals surface area contributed by atoms with Crippen LogP contribution in [0.4, 0.5) is 4.39 Å². The fraction of sp³-hybridized carbons (Fsp3) is 1.00. The van der Waals surface area contributed by atoms with E-state index < -0.39 is 6.30 Å². The molecule has 1 heterocycles. The lowest BCUT2D eigenvalue weighted by atomic mass is 10.0. The molecule has 2 N–H and O–H groups in total. The summed E-state index contributed by atoms with van der Waals surface area (Å²) >= 11 is 0. The summed E-state index contributed by atoms with van der Waals surface area (Å²) in [6.07, 6.45) is 1.12. The third-order valence-corrected chi connectivity index (χ3v) is 2.00. The molecule has 0 aromatic heterocycles. The third-order valence-electron chi connectivity index (χ3n) is 2.00. The highest BCUT2D eigenvalue weighted by Crippen LogP contribution is 2.13. The van der Waals surface area contributed by atoms with E-state index in [4.69, 9.17) is 0 Å². The van der Waals surface area contributed by atoms with E-state index in [0.717, 1.165) is 19.4 Å². The molecular weight excluding hydrogens is 155 g/mol. The smallest absolute Gasteiger partial charge is 0.166 e. The molecule has 1 aliphatic heterocycles. The second kappa shape index (κ2) is 3.71. The van der Waals surface area contributed by atoms with Crippen molar-refractivity contribution >= 4 is 0 Å². The van der Waals surface area contributed by atoms with Crippen LogP contribution in [0.3, 0.4) is 0 Å². The number of hydrogen-bond acceptors (Lipinski definition) is 2. The molecule has 1 saturated heterocycles. The molecule has 1 fully saturated rings. The van der Waals surface area contributed by atoms with E-state index in [2.05, 4.69) is 31.4 Å². The third kappa shape index (κ3) is 3.07. The molecule has 1 aliphatic rings. The number of hydrogen-bond donors (Lipinski definition) is 2. The Hall–Kier alpha value is -0.150. The highest BCUT2D eigenvalue weighted by atomic mass is 19.1. The average Bonchev–Trinajstić information content (AvgIpc) is 1.91. The zero-order chi connectivity index (χ0) is 9.19. The van der Waals surface area contributed by atoms with Gasteiger partial charge in [-0.1, -0.05) is 0 Å². The molecule has 0 radical (unpaired) electrons. The van der Waals surface area contributed by atoms with Crippen molar-refractivity contribution in [1.29, 1.82) is 0 Å². The minimum Gasteiger partial charge on any atom is -0.305 e. The summed E-state index contributed by atoms with van der Waals surface area (Å²) in [4.78, 5) is 0. The van der Waals surface area contributed by atoms with Crippen molar-refractivity contribution in [3.8, 4) is 0 Å². The van der Waals surface area contributed by atoms with E-state index in [-0.39, 0.29) is 11.6 Å². The Kier molecular flexibility index (Phi) is 3.07. The summed E-state index contributed by atoms with van der Waals surface area (Å²) in [7, 11) is 0. The van der Waals surface area contributed by atoms with Gasteiger partial charge in [-0.05, 0) is 40.2 Å². The minimum atomic E-state index is -0.877. The quantitative estimate of drug-likeness (QED) is 0.587. The Labute approximate surface area is 73.9 Å². The van der Waals surface area contributed by atoms with Crippen molar-refractivity contribution < 1.29 is 4.39 Å². The first kappa shape index (κ1) is 9.93. The molecule has 0 bridgehead atoms. The molecule has 0 amide bonds. The maximum Gasteiger partial charge on any atom is 0.166 e. The van der Waals surface area contributed by atoms with Gasteiger partial charge in [-0.25, -0.2) is 4.39 Å². The number of halogens is 1. The SMILES string of the molecule is CC(C)(C)NC1CCCNC1F. The predicted octanol–water partition coefficient (Wildman–Crippen LogP) is 1.42. The van der Waals surface area contributed by atoms with E-state index >= 15 is 0 Å². The van der Waals surface area contributed by atoms with Crippen LogP contribution >= 0.6 is 0 Å². The van der Waals surface area contributed by atoms with Gasteiger partial charge >= 0.3 is 0 Å². The van der Waals surface area contributed by atoms with Gasteiger partial charge in [0.25, 0.3) is 0 Å². The Morgan fingerprint density at radius 2 is 2.08 bits per heavy atom. The van der Waals surface area contributed by atoms with Crippen LogP contribution in [0.5, 0.6) is 0 Å². The number of alkyl halides is 1. The molecule has 0 aromatic rings. The minimum absolute atomic E-state index is 0.00796. The van der Waals surface area contributed by atoms with E-state index in [1.54, 1.807) is 0 Å². The zero-order valence-electron chi connectivity index (χ0n) is 8.15. The van der Waals surface area contributed by atoms with Crippen molar-refractivity contribution in [2.45, 2.75) is 51.5 Å². The van der Waals surface area contributed by atoms with Gasteiger partial charge in [0.1, 0.15) is 0 Å². The van der Waals surface area contributed by atoms with E-state index in [0.29, 0.717) is 0 Å². The van der Waals surface area contributed by atoms with Crippen LogP contribution < -0.4 is 10.6 Å². The first-order chi connectivity index (χ1) is 5.49. The van der Waals surface area contributed by atoms with Gasteiger partial charge < -0.3 is 5.32 Å². The monoisotopic (exact) mass is 174 g/mol. The molecule has 0 aliphatic carbocycles. The Morgan fingerprint density at radius 3 is 2.58 bits per heavy atom. The molecule has 12 heavy (non-hydrogen) atoms. The van der Waals surface area contributed by atoms with Crippen LogP contribution in [-0.2, 0) is 0 Å². The standard InChI is InChI=1S/C9H19FN2/c1-9(2,3)12-7-5-4-6-11-8(7)10/h7-8,11-12H,4-6H2,1-3H3. The summed E-state index contributed by atoms with van der Waals surface area (Å²) in [6, 6.07) is -0.0150. The lowest BCUT2D eigenvalue weighted by molar-refractivity contribution is 0.144. The van der Waals surface area contributed by atoms with Gasteiger partial charge in [-0.3, -0.25) is 5.32 Å². The Balaban J connectivity index is 2.39. The van der Waals surface area contributed by atoms with Crippen molar-refractivity contribution in [2.75, 3.05) is 6.54 Å². The van der Waals surface area contributed by atoms with E-state index in [9.17, 15) is 4.39 Å². The molecule has 0 aromatic carbocycles. The summed E-state index contributed by atoms with van der Waals surface area (Å²) in [5, 5.41) is 6.10. The predicted molar refractivity (Wildman–Crippen MR) is 48.8 cm³/mol. The Bertz CT molecular complexity index is 142. The van der Waals surface area contributed by atoms with Crippen molar-refractivity contribution in [2.24, 2.45) is 0 Å². The van der Waals surface area contributed by atoms with Gasteiger partial charge in [0.2, 0.25) is 0 Å². The fourth-order valence-electron chi connectivity index (χ4n) is 1.55. The van der Waals surface area contributed by atoms with Gasteiger partial charge in [-0.2, -0.15) is 0 Å². The molecule has 1 rings (SSSR count). The highest BCUT2D eigenvalue weighted by molar-refractivity contribution is 4.85. The molecule has 0 spiro atoms. The first-order valence-corrected chi connectivity index (χ1v) is 4.64. The highest BCUT2D eigenvalue weighted by Gasteiger charge is 2.27. The molecule has 2 unspecified atom stereocenters. The Morgan fingerprint density at radius 1 is 1.42 bits per heavy atom. The van der Waals surface area contributed by atoms with Crippen LogP contribution in [-0.4, -0.2) is 24.4 Å². The van der Waals surface area contributed by atoms with E-state index in [1.165, 1.54) is 0 Å². The second-order valence-corrected chi connectivity index (χ2v) is 4.50. The summed E-state index contributed by atoms with van der Waals surface area (Å²) in [6.45, 7) is 7.00. The average molecular weight is 174 g/mol. The topological polar surface area (TPSA) is 24.1 Å². The zero-order valence-corrected chi connectivity index (χ0v) is 8.15. The lowest BCUT2D eigenvalue weighted by Gasteiger charge is -2.33. The molecule has 2 atom stereocenters. The van der Waals surface area contributed by atoms with Crippen molar-refractivity contribution in [1.82, 2.24) is 10.6 Å². The number of piperidine rings is 1. The summed E-state index contributed by atoms with van der Waals surface area (Å²) in [5.41, 5.74) is 0.00796. The second-order valence-electron chi connectivity index (χ2n) is 4.50. The fourth-order valence-corrected chi connectivity index (χ4v) is 1.55. The van der Waals surface area contributed by atoms with Crippen molar-refractivity contribution in [3.05, 3.63) is 0 Å². The summed E-state index contributed by atoms with van der Waals surface area (Å²) in [5.74, 6) is 0. The maximum atomic E-state index is 13.2. The van der Waals surface area contributed by atoms with Crippen LogP contribution in [0.15, 0.2) is 0 Å². The van der Waals surface area contributed by atoms with Crippen LogP contribution in [0.2, 0.25) is 0 Å². The molecular formula is C9H19FN2.